The summed E-state index contributed by atoms with van der Waals surface area (Å²) in [6, 6.07) is 54.1. The van der Waals surface area contributed by atoms with E-state index in [0.29, 0.717) is 62.7 Å². The van der Waals surface area contributed by atoms with Crippen LogP contribution in [0.2, 0.25) is 0 Å². The largest absolute Gasteiger partial charge is 0.416 e. The molecule has 0 N–H and O–H groups in total. The van der Waals surface area contributed by atoms with Crippen LogP contribution in [-0.4, -0.2) is 34.5 Å². The van der Waals surface area contributed by atoms with E-state index in [1.807, 2.05) is 169 Å². The van der Waals surface area contributed by atoms with Crippen LogP contribution in [0.1, 0.15) is 11.1 Å². The van der Waals surface area contributed by atoms with Crippen LogP contribution >= 0.6 is 0 Å². The lowest BCUT2D eigenvalue weighted by Gasteiger charge is -2.17. The molecular formula is C50H32F3N7. The van der Waals surface area contributed by atoms with E-state index in [1.54, 1.807) is 6.07 Å². The Morgan fingerprint density at radius 2 is 0.783 bits per heavy atom. The molecule has 10 heteroatoms. The zero-order chi connectivity index (χ0) is 40.8. The van der Waals surface area contributed by atoms with Gasteiger partial charge in [0.25, 0.3) is 0 Å². The summed E-state index contributed by atoms with van der Waals surface area (Å²) in [5.41, 5.74) is 6.22. The second-order valence-electron chi connectivity index (χ2n) is 14.4. The number of rotatable bonds is 7. The minimum atomic E-state index is -4.56. The third kappa shape index (κ3) is 6.83. The Hall–Kier alpha value is -7.85. The third-order valence-electron chi connectivity index (χ3n) is 10.4. The molecule has 7 nitrogen and oxygen atoms in total. The Labute approximate surface area is 342 Å². The predicted molar refractivity (Wildman–Crippen MR) is 230 cm³/mol. The zero-order valence-corrected chi connectivity index (χ0v) is 32.0. The van der Waals surface area contributed by atoms with Gasteiger partial charge in [-0.3, -0.25) is 0 Å². The zero-order valence-electron chi connectivity index (χ0n) is 32.0. The molecule has 0 bridgehead atoms. The highest BCUT2D eigenvalue weighted by Gasteiger charge is 2.32. The summed E-state index contributed by atoms with van der Waals surface area (Å²) in [6.45, 7) is 1.96. The predicted octanol–water partition coefficient (Wildman–Crippen LogP) is 12.5. The van der Waals surface area contributed by atoms with Crippen LogP contribution in [0.3, 0.4) is 0 Å². The smallest absolute Gasteiger partial charge is 0.308 e. The Morgan fingerprint density at radius 3 is 1.23 bits per heavy atom. The van der Waals surface area contributed by atoms with Gasteiger partial charge >= 0.3 is 6.18 Å². The maximum Gasteiger partial charge on any atom is 0.416 e. The number of nitrogens with zero attached hydrogens (tertiary/aromatic N) is 7. The van der Waals surface area contributed by atoms with E-state index < -0.39 is 11.7 Å². The first-order chi connectivity index (χ1) is 29.3. The molecule has 0 radical (unpaired) electrons. The molecular weight excluding hydrogens is 756 g/mol. The summed E-state index contributed by atoms with van der Waals surface area (Å²) < 4.78 is 45.1. The Bertz CT molecular complexity index is 3070. The van der Waals surface area contributed by atoms with Gasteiger partial charge in [-0.2, -0.15) is 13.2 Å². The molecule has 0 aliphatic rings. The fourth-order valence-corrected chi connectivity index (χ4v) is 7.48. The molecule has 3 aromatic heterocycles. The number of hydrogen-bond donors (Lipinski definition) is 0. The van der Waals surface area contributed by atoms with Gasteiger partial charge in [-0.15, -0.1) is 0 Å². The first-order valence-electron chi connectivity index (χ1n) is 19.3. The average Bonchev–Trinajstić information content (AvgIpc) is 3.62. The quantitative estimate of drug-likeness (QED) is 0.160. The summed E-state index contributed by atoms with van der Waals surface area (Å²) in [6.07, 6.45) is -4.56. The van der Waals surface area contributed by atoms with Crippen molar-refractivity contribution in [3.05, 3.63) is 187 Å². The van der Waals surface area contributed by atoms with Gasteiger partial charge in [0, 0.05) is 44.2 Å². The molecule has 0 saturated carbocycles. The summed E-state index contributed by atoms with van der Waals surface area (Å²) in [5.74, 6) is 2.56. The first kappa shape index (κ1) is 36.5. The molecule has 10 aromatic rings. The van der Waals surface area contributed by atoms with Gasteiger partial charge in [0.05, 0.1) is 22.3 Å². The number of hydrogen-bond acceptors (Lipinski definition) is 6. The standard InChI is InChI=1S/C50H32F3N7/c1-31-22-25-38-39-26-24-37(50(51,52)53)30-43(39)60(42(38)28-31)41-27-23-36(48-56-44(32-14-6-2-7-15-32)54-45(57-48)33-16-8-3-9-17-33)29-40(41)49-58-46(34-18-10-4-11-19-34)55-47(59-49)35-20-12-5-13-21-35/h2-30H,1H3. The lowest BCUT2D eigenvalue weighted by Crippen LogP contribution is -2.06. The molecule has 3 heterocycles. The van der Waals surface area contributed by atoms with Crippen LogP contribution in [0.25, 0.3) is 95.8 Å². The van der Waals surface area contributed by atoms with Crippen LogP contribution < -0.4 is 0 Å². The molecule has 7 aromatic carbocycles. The van der Waals surface area contributed by atoms with Crippen LogP contribution in [0.4, 0.5) is 13.2 Å². The van der Waals surface area contributed by atoms with Gasteiger partial charge in [0.15, 0.2) is 34.9 Å². The lowest BCUT2D eigenvalue weighted by atomic mass is 10.1. The van der Waals surface area contributed by atoms with Gasteiger partial charge in [0.2, 0.25) is 0 Å². The first-order valence-corrected chi connectivity index (χ1v) is 19.3. The van der Waals surface area contributed by atoms with Crippen molar-refractivity contribution in [3.63, 3.8) is 0 Å². The van der Waals surface area contributed by atoms with E-state index in [-0.39, 0.29) is 0 Å². The number of benzene rings is 7. The molecule has 0 fully saturated rings. The molecule has 288 valence electrons. The van der Waals surface area contributed by atoms with Crippen molar-refractivity contribution in [2.45, 2.75) is 13.1 Å². The van der Waals surface area contributed by atoms with E-state index in [4.69, 9.17) is 29.9 Å². The highest BCUT2D eigenvalue weighted by molar-refractivity contribution is 6.10. The summed E-state index contributed by atoms with van der Waals surface area (Å²) >= 11 is 0. The number of halogens is 3. The molecule has 0 spiro atoms. The molecule has 0 atom stereocenters. The van der Waals surface area contributed by atoms with Gasteiger partial charge in [-0.1, -0.05) is 140 Å². The van der Waals surface area contributed by atoms with Crippen molar-refractivity contribution in [2.24, 2.45) is 0 Å². The molecule has 0 unspecified atom stereocenters. The van der Waals surface area contributed by atoms with Crippen LogP contribution in [0, 0.1) is 6.92 Å². The molecule has 10 rings (SSSR count). The Morgan fingerprint density at radius 1 is 0.383 bits per heavy atom. The normalized spacial score (nSPS) is 11.7. The van der Waals surface area contributed by atoms with Crippen LogP contribution in [-0.2, 0) is 6.18 Å². The van der Waals surface area contributed by atoms with E-state index in [9.17, 15) is 13.2 Å². The van der Waals surface area contributed by atoms with Gasteiger partial charge < -0.3 is 4.57 Å². The number of aromatic nitrogens is 7. The fourth-order valence-electron chi connectivity index (χ4n) is 7.48. The van der Waals surface area contributed by atoms with Crippen molar-refractivity contribution in [1.29, 1.82) is 0 Å². The van der Waals surface area contributed by atoms with E-state index in [1.165, 1.54) is 6.07 Å². The van der Waals surface area contributed by atoms with Crippen molar-refractivity contribution in [2.75, 3.05) is 0 Å². The molecule has 60 heavy (non-hydrogen) atoms. The number of fused-ring (bicyclic) bond motifs is 3. The minimum Gasteiger partial charge on any atom is -0.308 e. The van der Waals surface area contributed by atoms with E-state index in [0.717, 1.165) is 44.8 Å². The van der Waals surface area contributed by atoms with Crippen molar-refractivity contribution >= 4 is 21.8 Å². The molecule has 0 aliphatic carbocycles. The van der Waals surface area contributed by atoms with Crippen molar-refractivity contribution in [1.82, 2.24) is 34.5 Å². The van der Waals surface area contributed by atoms with Crippen LogP contribution in [0.5, 0.6) is 0 Å². The van der Waals surface area contributed by atoms with E-state index >= 15 is 0 Å². The SMILES string of the molecule is Cc1ccc2c3ccc(C(F)(F)F)cc3n(-c3ccc(-c4nc(-c5ccccc5)nc(-c5ccccc5)n4)cc3-c3nc(-c4ccccc4)nc(-c4ccccc4)n3)c2c1. The topological polar surface area (TPSA) is 82.3 Å². The van der Waals surface area contributed by atoms with E-state index in [2.05, 4.69) is 0 Å². The summed E-state index contributed by atoms with van der Waals surface area (Å²) in [7, 11) is 0. The maximum atomic E-state index is 14.4. The average molecular weight is 788 g/mol. The highest BCUT2D eigenvalue weighted by atomic mass is 19.4. The number of aryl methyl sites for hydroxylation is 1. The van der Waals surface area contributed by atoms with Gasteiger partial charge in [-0.25, -0.2) is 29.9 Å². The monoisotopic (exact) mass is 787 g/mol. The third-order valence-corrected chi connectivity index (χ3v) is 10.4. The lowest BCUT2D eigenvalue weighted by molar-refractivity contribution is -0.137. The second kappa shape index (κ2) is 14.8. The fraction of sp³-hybridized carbons (Fsp3) is 0.0400. The van der Waals surface area contributed by atoms with Gasteiger partial charge in [0.1, 0.15) is 0 Å². The van der Waals surface area contributed by atoms with Crippen molar-refractivity contribution < 1.29 is 13.2 Å². The minimum absolute atomic E-state index is 0.315. The number of alkyl halides is 3. The van der Waals surface area contributed by atoms with Gasteiger partial charge in [-0.05, 0) is 48.9 Å². The summed E-state index contributed by atoms with van der Waals surface area (Å²) in [4.78, 5) is 30.0. The molecule has 0 amide bonds. The summed E-state index contributed by atoms with van der Waals surface area (Å²) in [5, 5.41) is 1.48. The Balaban J connectivity index is 1.29. The molecule has 0 aliphatic heterocycles. The highest BCUT2D eigenvalue weighted by Crippen LogP contribution is 2.41. The van der Waals surface area contributed by atoms with Crippen molar-refractivity contribution in [3.8, 4) is 74.0 Å². The maximum absolute atomic E-state index is 14.4. The molecule has 0 saturated heterocycles. The Kier molecular flexibility index (Phi) is 9.02. The van der Waals surface area contributed by atoms with Crippen LogP contribution in [0.15, 0.2) is 176 Å². The second-order valence-corrected chi connectivity index (χ2v) is 14.4.